The molecular formula is C11H17NO3. The lowest BCUT2D eigenvalue weighted by Gasteiger charge is -2.02. The van der Waals surface area contributed by atoms with E-state index in [1.165, 1.54) is 0 Å². The molecule has 84 valence electrons. The second-order valence-electron chi connectivity index (χ2n) is 3.83. The maximum absolute atomic E-state index is 11.5. The number of aryl methyl sites for hydroxylation is 1. The van der Waals surface area contributed by atoms with Crippen LogP contribution in [0.5, 0.6) is 0 Å². The van der Waals surface area contributed by atoms with Crippen LogP contribution >= 0.6 is 0 Å². The lowest BCUT2D eigenvalue weighted by molar-refractivity contribution is 0.0486. The van der Waals surface area contributed by atoms with Crippen molar-refractivity contribution in [3.05, 3.63) is 17.3 Å². The summed E-state index contributed by atoms with van der Waals surface area (Å²) in [6, 6.07) is 0. The Labute approximate surface area is 89.6 Å². The minimum atomic E-state index is -0.422. The van der Waals surface area contributed by atoms with Crippen LogP contribution in [-0.4, -0.2) is 17.6 Å². The van der Waals surface area contributed by atoms with Crippen LogP contribution in [0.3, 0.4) is 0 Å². The molecule has 0 aliphatic carbocycles. The highest BCUT2D eigenvalue weighted by Gasteiger charge is 2.20. The molecule has 1 heterocycles. The van der Waals surface area contributed by atoms with E-state index in [0.717, 1.165) is 6.42 Å². The van der Waals surface area contributed by atoms with Crippen molar-refractivity contribution in [1.29, 1.82) is 0 Å². The van der Waals surface area contributed by atoms with Crippen LogP contribution in [0, 0.1) is 12.8 Å². The Balaban J connectivity index is 2.90. The zero-order chi connectivity index (χ0) is 11.4. The predicted molar refractivity (Wildman–Crippen MR) is 55.7 cm³/mol. The number of carbonyl (C=O) groups excluding carboxylic acids is 1. The van der Waals surface area contributed by atoms with Gasteiger partial charge in [-0.2, -0.15) is 0 Å². The number of ether oxygens (including phenoxy) is 1. The Bertz CT molecular complexity index is 342. The number of rotatable bonds is 4. The molecule has 0 radical (unpaired) electrons. The molecule has 0 saturated carbocycles. The summed E-state index contributed by atoms with van der Waals surface area (Å²) >= 11 is 0. The van der Waals surface area contributed by atoms with E-state index in [2.05, 4.69) is 18.8 Å². The van der Waals surface area contributed by atoms with Gasteiger partial charge in [0.2, 0.25) is 5.76 Å². The summed E-state index contributed by atoms with van der Waals surface area (Å²) < 4.78 is 10.1. The molecule has 1 rings (SSSR count). The number of aromatic nitrogens is 1. The minimum absolute atomic E-state index is 0.253. The van der Waals surface area contributed by atoms with Gasteiger partial charge in [0.1, 0.15) is 0 Å². The third-order valence-corrected chi connectivity index (χ3v) is 1.87. The van der Waals surface area contributed by atoms with Crippen LogP contribution in [0.25, 0.3) is 0 Å². The van der Waals surface area contributed by atoms with Crippen LogP contribution < -0.4 is 0 Å². The molecule has 0 N–H and O–H groups in total. The second-order valence-corrected chi connectivity index (χ2v) is 3.83. The maximum Gasteiger partial charge on any atom is 0.376 e. The van der Waals surface area contributed by atoms with Crippen molar-refractivity contribution in [2.24, 2.45) is 5.92 Å². The smallest absolute Gasteiger partial charge is 0.376 e. The highest BCUT2D eigenvalue weighted by molar-refractivity contribution is 5.87. The van der Waals surface area contributed by atoms with Crippen molar-refractivity contribution < 1.29 is 13.9 Å². The summed E-state index contributed by atoms with van der Waals surface area (Å²) in [7, 11) is 0. The van der Waals surface area contributed by atoms with Gasteiger partial charge in [0.25, 0.3) is 0 Å². The molecule has 4 heteroatoms. The van der Waals surface area contributed by atoms with Crippen molar-refractivity contribution in [3.63, 3.8) is 0 Å². The van der Waals surface area contributed by atoms with Gasteiger partial charge in [0.15, 0.2) is 5.89 Å². The Kier molecular flexibility index (Phi) is 3.88. The zero-order valence-corrected chi connectivity index (χ0v) is 9.66. The first-order valence-corrected chi connectivity index (χ1v) is 5.18. The standard InChI is InChI=1S/C11H17NO3/c1-5-14-11(13)10-9(6-7(2)3)12-8(4)15-10/h7H,5-6H2,1-4H3. The molecule has 0 aliphatic rings. The Morgan fingerprint density at radius 3 is 2.73 bits per heavy atom. The third-order valence-electron chi connectivity index (χ3n) is 1.87. The number of carbonyl (C=O) groups is 1. The second kappa shape index (κ2) is 4.96. The van der Waals surface area contributed by atoms with E-state index in [4.69, 9.17) is 9.15 Å². The summed E-state index contributed by atoms with van der Waals surface area (Å²) in [5.41, 5.74) is 0.695. The summed E-state index contributed by atoms with van der Waals surface area (Å²) in [5.74, 6) is 0.771. The van der Waals surface area contributed by atoms with Crippen LogP contribution in [0.4, 0.5) is 0 Å². The number of esters is 1. The SMILES string of the molecule is CCOC(=O)c1oc(C)nc1CC(C)C. The van der Waals surface area contributed by atoms with E-state index in [1.807, 2.05) is 0 Å². The Hall–Kier alpha value is -1.32. The molecule has 0 atom stereocenters. The van der Waals surface area contributed by atoms with Gasteiger partial charge in [-0.15, -0.1) is 0 Å². The van der Waals surface area contributed by atoms with Crippen molar-refractivity contribution >= 4 is 5.97 Å². The van der Waals surface area contributed by atoms with Crippen LogP contribution in [0.1, 0.15) is 42.9 Å². The first-order valence-electron chi connectivity index (χ1n) is 5.18. The van der Waals surface area contributed by atoms with Crippen molar-refractivity contribution in [3.8, 4) is 0 Å². The first-order chi connectivity index (χ1) is 7.04. The number of hydrogen-bond acceptors (Lipinski definition) is 4. The third kappa shape index (κ3) is 3.08. The molecule has 0 spiro atoms. The summed E-state index contributed by atoms with van der Waals surface area (Å²) in [6.45, 7) is 7.98. The van der Waals surface area contributed by atoms with E-state index >= 15 is 0 Å². The van der Waals surface area contributed by atoms with Gasteiger partial charge in [-0.1, -0.05) is 13.8 Å². The van der Waals surface area contributed by atoms with Gasteiger partial charge >= 0.3 is 5.97 Å². The fourth-order valence-electron chi connectivity index (χ4n) is 1.35. The van der Waals surface area contributed by atoms with Crippen LogP contribution in [0.2, 0.25) is 0 Å². The van der Waals surface area contributed by atoms with Gasteiger partial charge in [0, 0.05) is 6.92 Å². The topological polar surface area (TPSA) is 52.3 Å². The van der Waals surface area contributed by atoms with Crippen molar-refractivity contribution in [2.75, 3.05) is 6.61 Å². The Morgan fingerprint density at radius 2 is 2.20 bits per heavy atom. The lowest BCUT2D eigenvalue weighted by Crippen LogP contribution is -2.08. The van der Waals surface area contributed by atoms with E-state index < -0.39 is 5.97 Å². The quantitative estimate of drug-likeness (QED) is 0.717. The highest BCUT2D eigenvalue weighted by Crippen LogP contribution is 2.15. The molecule has 0 fully saturated rings. The van der Waals surface area contributed by atoms with E-state index in [0.29, 0.717) is 24.1 Å². The number of oxazole rings is 1. The molecule has 0 saturated heterocycles. The molecule has 0 aliphatic heterocycles. The van der Waals surface area contributed by atoms with E-state index in [1.54, 1.807) is 13.8 Å². The normalized spacial score (nSPS) is 10.7. The van der Waals surface area contributed by atoms with Gasteiger partial charge in [-0.05, 0) is 19.3 Å². The monoisotopic (exact) mass is 211 g/mol. The van der Waals surface area contributed by atoms with Gasteiger partial charge in [-0.3, -0.25) is 0 Å². The van der Waals surface area contributed by atoms with Crippen molar-refractivity contribution in [2.45, 2.75) is 34.1 Å². The molecular weight excluding hydrogens is 194 g/mol. The molecule has 0 bridgehead atoms. The maximum atomic E-state index is 11.5. The molecule has 4 nitrogen and oxygen atoms in total. The predicted octanol–water partition coefficient (Wildman–Crippen LogP) is 2.36. The van der Waals surface area contributed by atoms with Gasteiger partial charge in [0.05, 0.1) is 12.3 Å². The highest BCUT2D eigenvalue weighted by atomic mass is 16.5. The molecule has 1 aromatic heterocycles. The zero-order valence-electron chi connectivity index (χ0n) is 9.66. The summed E-state index contributed by atoms with van der Waals surface area (Å²) in [5, 5.41) is 0. The fourth-order valence-corrected chi connectivity index (χ4v) is 1.35. The largest absolute Gasteiger partial charge is 0.460 e. The average molecular weight is 211 g/mol. The molecule has 15 heavy (non-hydrogen) atoms. The molecule has 1 aromatic rings. The van der Waals surface area contributed by atoms with Gasteiger partial charge in [-0.25, -0.2) is 9.78 Å². The molecule has 0 amide bonds. The number of nitrogens with zero attached hydrogens (tertiary/aromatic N) is 1. The molecule has 0 aromatic carbocycles. The van der Waals surface area contributed by atoms with Crippen LogP contribution in [0.15, 0.2) is 4.42 Å². The minimum Gasteiger partial charge on any atom is -0.460 e. The van der Waals surface area contributed by atoms with Crippen LogP contribution in [-0.2, 0) is 11.2 Å². The summed E-state index contributed by atoms with van der Waals surface area (Å²) in [4.78, 5) is 15.7. The number of hydrogen-bond donors (Lipinski definition) is 0. The lowest BCUT2D eigenvalue weighted by atomic mass is 10.1. The Morgan fingerprint density at radius 1 is 1.53 bits per heavy atom. The molecule has 0 unspecified atom stereocenters. The van der Waals surface area contributed by atoms with E-state index in [-0.39, 0.29) is 5.76 Å². The average Bonchev–Trinajstić information content (AvgIpc) is 2.46. The summed E-state index contributed by atoms with van der Waals surface area (Å²) in [6.07, 6.45) is 0.728. The first kappa shape index (κ1) is 11.8. The van der Waals surface area contributed by atoms with Crippen molar-refractivity contribution in [1.82, 2.24) is 4.98 Å². The van der Waals surface area contributed by atoms with E-state index in [9.17, 15) is 4.79 Å². The fraction of sp³-hybridized carbons (Fsp3) is 0.636. The van der Waals surface area contributed by atoms with Gasteiger partial charge < -0.3 is 9.15 Å².